The molecular formula is C25H27NO. The van der Waals surface area contributed by atoms with E-state index in [4.69, 9.17) is 4.74 Å². The number of rotatable bonds is 4. The molecule has 0 radical (unpaired) electrons. The summed E-state index contributed by atoms with van der Waals surface area (Å²) in [5.74, 6) is 0.954. The normalized spacial score (nSPS) is 16.0. The Hall–Kier alpha value is -2.58. The molecule has 0 bridgehead atoms. The van der Waals surface area contributed by atoms with Crippen molar-refractivity contribution in [2.75, 3.05) is 6.54 Å². The number of ether oxygens (including phenoxy) is 1. The third-order valence-electron chi connectivity index (χ3n) is 5.61. The fraction of sp³-hybridized carbons (Fsp3) is 0.280. The lowest BCUT2D eigenvalue weighted by Crippen LogP contribution is -2.31. The highest BCUT2D eigenvalue weighted by Gasteiger charge is 2.23. The highest BCUT2D eigenvalue weighted by molar-refractivity contribution is 5.47. The average Bonchev–Trinajstić information content (AvgIpc) is 2.69. The fourth-order valence-electron chi connectivity index (χ4n) is 3.94. The summed E-state index contributed by atoms with van der Waals surface area (Å²) in [5.41, 5.74) is 9.41. The van der Waals surface area contributed by atoms with Gasteiger partial charge in [0.05, 0.1) is 6.04 Å². The predicted molar refractivity (Wildman–Crippen MR) is 111 cm³/mol. The predicted octanol–water partition coefficient (Wildman–Crippen LogP) is 5.43. The summed E-state index contributed by atoms with van der Waals surface area (Å²) >= 11 is 0. The van der Waals surface area contributed by atoms with Crippen molar-refractivity contribution in [3.63, 3.8) is 0 Å². The van der Waals surface area contributed by atoms with Gasteiger partial charge < -0.3 is 10.1 Å². The van der Waals surface area contributed by atoms with E-state index in [1.165, 1.54) is 38.9 Å². The number of nitrogens with one attached hydrogen (secondary N) is 1. The van der Waals surface area contributed by atoms with Crippen LogP contribution in [0.4, 0.5) is 0 Å². The first kappa shape index (κ1) is 17.8. The Morgan fingerprint density at radius 1 is 0.852 bits per heavy atom. The van der Waals surface area contributed by atoms with E-state index >= 15 is 0 Å². The van der Waals surface area contributed by atoms with Crippen molar-refractivity contribution in [3.05, 3.63) is 99.6 Å². The molecule has 138 valence electrons. The van der Waals surface area contributed by atoms with E-state index in [0.29, 0.717) is 6.61 Å². The Labute approximate surface area is 162 Å². The summed E-state index contributed by atoms with van der Waals surface area (Å²) in [6.45, 7) is 8.20. The molecule has 3 aromatic carbocycles. The largest absolute Gasteiger partial charge is 0.489 e. The van der Waals surface area contributed by atoms with Gasteiger partial charge in [0.2, 0.25) is 0 Å². The van der Waals surface area contributed by atoms with Crippen LogP contribution in [-0.4, -0.2) is 6.54 Å². The molecule has 4 rings (SSSR count). The van der Waals surface area contributed by atoms with Gasteiger partial charge in [0.15, 0.2) is 0 Å². The minimum Gasteiger partial charge on any atom is -0.489 e. The maximum atomic E-state index is 6.04. The summed E-state index contributed by atoms with van der Waals surface area (Å²) in [6.07, 6.45) is 1.04. The van der Waals surface area contributed by atoms with Crippen LogP contribution >= 0.6 is 0 Å². The first-order valence-corrected chi connectivity index (χ1v) is 9.72. The van der Waals surface area contributed by atoms with Crippen molar-refractivity contribution in [2.24, 2.45) is 0 Å². The van der Waals surface area contributed by atoms with Gasteiger partial charge in [0.1, 0.15) is 12.4 Å². The maximum absolute atomic E-state index is 6.04. The van der Waals surface area contributed by atoms with Gasteiger partial charge >= 0.3 is 0 Å². The zero-order chi connectivity index (χ0) is 18.8. The Kier molecular flexibility index (Phi) is 5.00. The second kappa shape index (κ2) is 7.58. The van der Waals surface area contributed by atoms with Crippen LogP contribution in [-0.2, 0) is 13.0 Å². The van der Waals surface area contributed by atoms with Crippen LogP contribution in [0, 0.1) is 20.8 Å². The van der Waals surface area contributed by atoms with E-state index in [1.54, 1.807) is 0 Å². The Morgan fingerprint density at radius 2 is 1.63 bits per heavy atom. The zero-order valence-electron chi connectivity index (χ0n) is 16.4. The van der Waals surface area contributed by atoms with Gasteiger partial charge in [-0.3, -0.25) is 0 Å². The molecule has 1 heterocycles. The second-order valence-corrected chi connectivity index (χ2v) is 7.57. The van der Waals surface area contributed by atoms with Crippen LogP contribution < -0.4 is 10.1 Å². The van der Waals surface area contributed by atoms with E-state index in [1.807, 2.05) is 18.2 Å². The fourth-order valence-corrected chi connectivity index (χ4v) is 3.94. The standard InChI is InChI=1S/C25H27NO/c1-17-13-19(3)24(14-18(17)2)25-23-10-9-22(15-21(23)11-12-26-25)27-16-20-7-5-4-6-8-20/h4-10,13-15,25-26H,11-12,16H2,1-3H3. The summed E-state index contributed by atoms with van der Waals surface area (Å²) in [7, 11) is 0. The maximum Gasteiger partial charge on any atom is 0.120 e. The van der Waals surface area contributed by atoms with Crippen LogP contribution in [0.15, 0.2) is 60.7 Å². The lowest BCUT2D eigenvalue weighted by molar-refractivity contribution is 0.305. The molecule has 3 aromatic rings. The quantitative estimate of drug-likeness (QED) is 0.672. The van der Waals surface area contributed by atoms with Crippen molar-refractivity contribution in [1.82, 2.24) is 5.32 Å². The molecule has 0 saturated carbocycles. The first-order chi connectivity index (χ1) is 13.1. The van der Waals surface area contributed by atoms with Crippen LogP contribution in [0.5, 0.6) is 5.75 Å². The van der Waals surface area contributed by atoms with Gasteiger partial charge in [-0.2, -0.15) is 0 Å². The smallest absolute Gasteiger partial charge is 0.120 e. The van der Waals surface area contributed by atoms with Crippen LogP contribution in [0.25, 0.3) is 0 Å². The zero-order valence-corrected chi connectivity index (χ0v) is 16.4. The summed E-state index contributed by atoms with van der Waals surface area (Å²) < 4.78 is 6.04. The van der Waals surface area contributed by atoms with Crippen LogP contribution in [0.3, 0.4) is 0 Å². The molecule has 1 aliphatic heterocycles. The molecule has 27 heavy (non-hydrogen) atoms. The topological polar surface area (TPSA) is 21.3 Å². The minimum absolute atomic E-state index is 0.260. The SMILES string of the molecule is Cc1cc(C)c(C2NCCc3cc(OCc4ccccc4)ccc32)cc1C. The van der Waals surface area contributed by atoms with E-state index in [2.05, 4.69) is 68.6 Å². The molecule has 2 heteroatoms. The van der Waals surface area contributed by atoms with Crippen LogP contribution in [0.1, 0.15) is 45.0 Å². The molecule has 1 aliphatic rings. The second-order valence-electron chi connectivity index (χ2n) is 7.57. The third-order valence-corrected chi connectivity index (χ3v) is 5.61. The molecule has 0 saturated heterocycles. The lowest BCUT2D eigenvalue weighted by atomic mass is 9.86. The van der Waals surface area contributed by atoms with Gasteiger partial charge in [-0.1, -0.05) is 48.5 Å². The molecule has 1 N–H and O–H groups in total. The highest BCUT2D eigenvalue weighted by atomic mass is 16.5. The lowest BCUT2D eigenvalue weighted by Gasteiger charge is -2.29. The van der Waals surface area contributed by atoms with Gasteiger partial charge in [0.25, 0.3) is 0 Å². The van der Waals surface area contributed by atoms with Gasteiger partial charge in [-0.05, 0) is 78.3 Å². The Bertz CT molecular complexity index is 946. The van der Waals surface area contributed by atoms with Crippen LogP contribution in [0.2, 0.25) is 0 Å². The molecule has 0 aliphatic carbocycles. The molecule has 0 aromatic heterocycles. The Balaban J connectivity index is 1.59. The van der Waals surface area contributed by atoms with Crippen molar-refractivity contribution in [1.29, 1.82) is 0 Å². The third kappa shape index (κ3) is 3.77. The van der Waals surface area contributed by atoms with Crippen molar-refractivity contribution in [3.8, 4) is 5.75 Å². The van der Waals surface area contributed by atoms with E-state index in [9.17, 15) is 0 Å². The van der Waals surface area contributed by atoms with Crippen molar-refractivity contribution < 1.29 is 4.74 Å². The monoisotopic (exact) mass is 357 g/mol. The minimum atomic E-state index is 0.260. The van der Waals surface area contributed by atoms with Crippen molar-refractivity contribution in [2.45, 2.75) is 39.8 Å². The number of hydrogen-bond donors (Lipinski definition) is 1. The summed E-state index contributed by atoms with van der Waals surface area (Å²) in [5, 5.41) is 3.72. The molecule has 1 unspecified atom stereocenters. The molecule has 2 nitrogen and oxygen atoms in total. The number of fused-ring (bicyclic) bond motifs is 1. The summed E-state index contributed by atoms with van der Waals surface area (Å²) in [4.78, 5) is 0. The van der Waals surface area contributed by atoms with Gasteiger partial charge in [0, 0.05) is 6.54 Å². The highest BCUT2D eigenvalue weighted by Crippen LogP contribution is 2.33. The number of aryl methyl sites for hydroxylation is 3. The van der Waals surface area contributed by atoms with Gasteiger partial charge in [-0.15, -0.1) is 0 Å². The number of hydrogen-bond acceptors (Lipinski definition) is 2. The van der Waals surface area contributed by atoms with Crippen molar-refractivity contribution >= 4 is 0 Å². The van der Waals surface area contributed by atoms with E-state index in [-0.39, 0.29) is 6.04 Å². The molecular weight excluding hydrogens is 330 g/mol. The summed E-state index contributed by atoms with van der Waals surface area (Å²) in [6, 6.07) is 21.8. The van der Waals surface area contributed by atoms with E-state index < -0.39 is 0 Å². The molecule has 0 amide bonds. The van der Waals surface area contributed by atoms with E-state index in [0.717, 1.165) is 18.7 Å². The first-order valence-electron chi connectivity index (χ1n) is 9.72. The molecule has 1 atom stereocenters. The average molecular weight is 357 g/mol. The van der Waals surface area contributed by atoms with Gasteiger partial charge in [-0.25, -0.2) is 0 Å². The molecule has 0 fully saturated rings. The number of benzene rings is 3. The Morgan fingerprint density at radius 3 is 2.44 bits per heavy atom. The molecule has 0 spiro atoms.